The lowest BCUT2D eigenvalue weighted by Crippen LogP contribution is -2.36. The molecule has 0 spiro atoms. The zero-order valence-electron chi connectivity index (χ0n) is 29.3. The lowest BCUT2D eigenvalue weighted by Gasteiger charge is -2.25. The van der Waals surface area contributed by atoms with E-state index in [1.165, 1.54) is 14.2 Å². The fourth-order valence-corrected chi connectivity index (χ4v) is 5.42. The Hall–Kier alpha value is -5.72. The van der Waals surface area contributed by atoms with Gasteiger partial charge in [0.25, 0.3) is 0 Å². The number of benzene rings is 2. The average Bonchev–Trinajstić information content (AvgIpc) is 3.27. The molecule has 1 fully saturated rings. The van der Waals surface area contributed by atoms with Gasteiger partial charge in [-0.25, -0.2) is 19.6 Å². The van der Waals surface area contributed by atoms with Gasteiger partial charge in [-0.1, -0.05) is 23.7 Å². The van der Waals surface area contributed by atoms with Gasteiger partial charge in [0.05, 0.1) is 39.8 Å². The molecule has 262 valence electrons. The van der Waals surface area contributed by atoms with Gasteiger partial charge in [-0.15, -0.1) is 0 Å². The smallest absolute Gasteiger partial charge is 0.356 e. The molecule has 0 atom stereocenters. The van der Waals surface area contributed by atoms with Gasteiger partial charge in [-0.3, -0.25) is 9.80 Å². The molecule has 4 aromatic rings. The minimum absolute atomic E-state index is 0.209. The molecule has 0 amide bonds. The number of hydrogen-bond donors (Lipinski definition) is 1. The van der Waals surface area contributed by atoms with Crippen molar-refractivity contribution in [2.24, 2.45) is 0 Å². The van der Waals surface area contributed by atoms with Crippen LogP contribution in [0.3, 0.4) is 0 Å². The topological polar surface area (TPSA) is 115 Å². The zero-order valence-corrected chi connectivity index (χ0v) is 29.3. The standard InChI is InChI=1S/C40H41N5O6/c1-48-35-13-9-29(10-14-35)5-7-31-23-33(42-37(25-31)39(46)50-3)27-44-19-17-41-18-20-45(22-21-44)28-34-24-32(26-38(43-34)40(47)51-4)8-6-30-11-15-36(49-2)16-12-30/h9-16,23-26,41H,17-22,27-28H2,1-4H3. The fraction of sp³-hybridized carbons (Fsp3) is 0.300. The van der Waals surface area contributed by atoms with Gasteiger partial charge in [-0.05, 0) is 72.8 Å². The summed E-state index contributed by atoms with van der Waals surface area (Å²) in [4.78, 5) is 38.9. The number of ether oxygens (including phenoxy) is 4. The summed E-state index contributed by atoms with van der Waals surface area (Å²) in [5.74, 6) is 13.1. The van der Waals surface area contributed by atoms with Crippen LogP contribution >= 0.6 is 0 Å². The van der Waals surface area contributed by atoms with Crippen molar-refractivity contribution in [1.82, 2.24) is 25.1 Å². The molecule has 1 saturated heterocycles. The minimum atomic E-state index is -0.517. The van der Waals surface area contributed by atoms with Gasteiger partial charge < -0.3 is 24.3 Å². The summed E-state index contributed by atoms with van der Waals surface area (Å²) in [6.07, 6.45) is 0. The monoisotopic (exact) mass is 687 g/mol. The number of aromatic nitrogens is 2. The van der Waals surface area contributed by atoms with E-state index >= 15 is 0 Å². The Morgan fingerprint density at radius 1 is 0.588 bits per heavy atom. The highest BCUT2D eigenvalue weighted by molar-refractivity contribution is 5.88. The van der Waals surface area contributed by atoms with Crippen molar-refractivity contribution in [2.45, 2.75) is 13.1 Å². The summed E-state index contributed by atoms with van der Waals surface area (Å²) < 4.78 is 20.5. The molecule has 2 aromatic heterocycles. The largest absolute Gasteiger partial charge is 0.497 e. The molecule has 0 unspecified atom stereocenters. The van der Waals surface area contributed by atoms with Crippen LogP contribution in [0.5, 0.6) is 11.5 Å². The lowest BCUT2D eigenvalue weighted by molar-refractivity contribution is 0.0584. The molecule has 11 heteroatoms. The van der Waals surface area contributed by atoms with Crippen molar-refractivity contribution in [3.05, 3.63) is 118 Å². The number of carbonyl (C=O) groups excluding carboxylic acids is 2. The molecule has 1 aliphatic rings. The van der Waals surface area contributed by atoms with Crippen molar-refractivity contribution >= 4 is 11.9 Å². The third-order valence-electron chi connectivity index (χ3n) is 8.14. The Bertz CT molecular complexity index is 1800. The highest BCUT2D eigenvalue weighted by Crippen LogP contribution is 2.15. The summed E-state index contributed by atoms with van der Waals surface area (Å²) in [7, 11) is 5.92. The Kier molecular flexibility index (Phi) is 13.1. The molecule has 0 saturated carbocycles. The molecule has 11 nitrogen and oxygen atoms in total. The van der Waals surface area contributed by atoms with Gasteiger partial charge in [0.15, 0.2) is 0 Å². The van der Waals surface area contributed by atoms with Crippen LogP contribution in [-0.2, 0) is 22.6 Å². The molecule has 5 rings (SSSR count). The molecular formula is C40H41N5O6. The first kappa shape index (κ1) is 36.6. The van der Waals surface area contributed by atoms with Crippen LogP contribution in [0.25, 0.3) is 0 Å². The fourth-order valence-electron chi connectivity index (χ4n) is 5.42. The van der Waals surface area contributed by atoms with Gasteiger partial charge in [0.1, 0.15) is 22.9 Å². The molecule has 0 bridgehead atoms. The molecule has 1 aliphatic heterocycles. The predicted octanol–water partition coefficient (Wildman–Crippen LogP) is 3.77. The quantitative estimate of drug-likeness (QED) is 0.216. The number of nitrogens with zero attached hydrogens (tertiary/aromatic N) is 4. The van der Waals surface area contributed by atoms with Crippen molar-refractivity contribution in [1.29, 1.82) is 0 Å². The third kappa shape index (κ3) is 10.9. The molecule has 2 aromatic carbocycles. The number of carbonyl (C=O) groups is 2. The second-order valence-electron chi connectivity index (χ2n) is 11.7. The first-order valence-electron chi connectivity index (χ1n) is 16.5. The van der Waals surface area contributed by atoms with Crippen LogP contribution < -0.4 is 14.8 Å². The Labute approximate surface area is 298 Å². The summed E-state index contributed by atoms with van der Waals surface area (Å²) in [6.45, 7) is 5.64. The molecular weight excluding hydrogens is 646 g/mol. The number of methoxy groups -OCH3 is 4. The van der Waals surface area contributed by atoms with E-state index in [-0.39, 0.29) is 11.4 Å². The molecule has 0 radical (unpaired) electrons. The van der Waals surface area contributed by atoms with E-state index in [1.807, 2.05) is 60.7 Å². The van der Waals surface area contributed by atoms with Gasteiger partial charge in [-0.2, -0.15) is 0 Å². The Morgan fingerprint density at radius 3 is 1.35 bits per heavy atom. The van der Waals surface area contributed by atoms with Crippen LogP contribution in [0, 0.1) is 23.7 Å². The maximum atomic E-state index is 12.5. The molecule has 0 aliphatic carbocycles. The van der Waals surface area contributed by atoms with Gasteiger partial charge >= 0.3 is 11.9 Å². The molecule has 1 N–H and O–H groups in total. The van der Waals surface area contributed by atoms with Crippen molar-refractivity contribution in [3.8, 4) is 35.2 Å². The highest BCUT2D eigenvalue weighted by atomic mass is 16.5. The van der Waals surface area contributed by atoms with Crippen molar-refractivity contribution < 1.29 is 28.5 Å². The highest BCUT2D eigenvalue weighted by Gasteiger charge is 2.18. The summed E-state index contributed by atoms with van der Waals surface area (Å²) in [5, 5.41) is 3.52. The number of nitrogens with one attached hydrogen (secondary N) is 1. The molecule has 3 heterocycles. The average molecular weight is 688 g/mol. The van der Waals surface area contributed by atoms with Crippen LogP contribution in [0.1, 0.15) is 54.6 Å². The van der Waals surface area contributed by atoms with E-state index in [0.29, 0.717) is 24.2 Å². The second-order valence-corrected chi connectivity index (χ2v) is 11.7. The summed E-state index contributed by atoms with van der Waals surface area (Å²) in [5.41, 5.74) is 4.84. The Morgan fingerprint density at radius 2 is 0.980 bits per heavy atom. The van der Waals surface area contributed by atoms with E-state index in [1.54, 1.807) is 26.4 Å². The van der Waals surface area contributed by atoms with Gasteiger partial charge in [0.2, 0.25) is 0 Å². The van der Waals surface area contributed by atoms with Crippen LogP contribution in [-0.4, -0.2) is 99.4 Å². The number of rotatable bonds is 8. The maximum absolute atomic E-state index is 12.5. The van der Waals surface area contributed by atoms with Crippen molar-refractivity contribution in [3.63, 3.8) is 0 Å². The predicted molar refractivity (Wildman–Crippen MR) is 193 cm³/mol. The Balaban J connectivity index is 1.32. The number of hydrogen-bond acceptors (Lipinski definition) is 11. The van der Waals surface area contributed by atoms with E-state index < -0.39 is 11.9 Å². The second kappa shape index (κ2) is 18.3. The van der Waals surface area contributed by atoms with E-state index in [9.17, 15) is 9.59 Å². The first-order valence-corrected chi connectivity index (χ1v) is 16.5. The summed E-state index contributed by atoms with van der Waals surface area (Å²) >= 11 is 0. The normalized spacial score (nSPS) is 13.6. The number of esters is 2. The van der Waals surface area contributed by atoms with Crippen LogP contribution in [0.2, 0.25) is 0 Å². The van der Waals surface area contributed by atoms with E-state index in [2.05, 4.69) is 48.8 Å². The zero-order chi connectivity index (χ0) is 36.0. The molecule has 51 heavy (non-hydrogen) atoms. The van der Waals surface area contributed by atoms with E-state index in [4.69, 9.17) is 18.9 Å². The van der Waals surface area contributed by atoms with Gasteiger partial charge in [0, 0.05) is 74.6 Å². The number of pyridine rings is 2. The third-order valence-corrected chi connectivity index (χ3v) is 8.14. The SMILES string of the molecule is COC(=O)c1cc(C#Cc2ccc(OC)cc2)cc(CN2CCNCCN(Cc3cc(C#Cc4ccc(OC)cc4)cc(C(=O)OC)n3)CC2)n1. The lowest BCUT2D eigenvalue weighted by atomic mass is 10.1. The minimum Gasteiger partial charge on any atom is -0.497 e. The maximum Gasteiger partial charge on any atom is 0.356 e. The van der Waals surface area contributed by atoms with Crippen LogP contribution in [0.15, 0.2) is 72.8 Å². The van der Waals surface area contributed by atoms with Crippen molar-refractivity contribution in [2.75, 3.05) is 67.7 Å². The summed E-state index contributed by atoms with van der Waals surface area (Å²) in [6, 6.07) is 22.1. The van der Waals surface area contributed by atoms with Crippen LogP contribution in [0.4, 0.5) is 0 Å². The van der Waals surface area contributed by atoms with E-state index in [0.717, 1.165) is 73.3 Å². The first-order chi connectivity index (χ1) is 24.8.